The first-order chi connectivity index (χ1) is 14.5. The summed E-state index contributed by atoms with van der Waals surface area (Å²) in [5, 5.41) is 4.81. The lowest BCUT2D eigenvalue weighted by atomic mass is 10.0. The van der Waals surface area contributed by atoms with Crippen LogP contribution in [0.3, 0.4) is 0 Å². The molecule has 0 radical (unpaired) electrons. The lowest BCUT2D eigenvalue weighted by Crippen LogP contribution is -2.03. The van der Waals surface area contributed by atoms with Gasteiger partial charge >= 0.3 is 0 Å². The smallest absolute Gasteiger partial charge is 0.192 e. The molecule has 0 N–H and O–H groups in total. The molecule has 4 rings (SSSR count). The number of pyridine rings is 2. The van der Waals surface area contributed by atoms with Crippen molar-refractivity contribution in [1.82, 2.24) is 24.1 Å². The lowest BCUT2D eigenvalue weighted by molar-refractivity contribution is 0.598. The Bertz CT molecular complexity index is 1510. The van der Waals surface area contributed by atoms with E-state index in [9.17, 15) is 12.6 Å². The Morgan fingerprint density at radius 1 is 1.10 bits per heavy atom. The maximum Gasteiger partial charge on any atom is 0.192 e. The Balaban J connectivity index is 2.12. The molecular weight excluding hydrogens is 434 g/mol. The number of hydrogen-bond acceptors (Lipinski definition) is 6. The zero-order valence-corrected chi connectivity index (χ0v) is 20.3. The molecule has 4 aromatic heterocycles. The Hall–Kier alpha value is -2.59. The number of hydrogen-bond donors (Lipinski definition) is 0. The van der Waals surface area contributed by atoms with E-state index in [0.29, 0.717) is 33.2 Å². The van der Waals surface area contributed by atoms with E-state index < -0.39 is 20.6 Å². The summed E-state index contributed by atoms with van der Waals surface area (Å²) in [5.74, 6) is 0.973. The number of nitrogens with zero attached hydrogens (tertiary/aromatic N) is 5. The summed E-state index contributed by atoms with van der Waals surface area (Å²) in [6.45, 7) is 10.0. The van der Waals surface area contributed by atoms with Gasteiger partial charge in [0.05, 0.1) is 38.4 Å². The molecule has 0 aliphatic carbocycles. The van der Waals surface area contributed by atoms with Crippen LogP contribution in [-0.4, -0.2) is 48.8 Å². The van der Waals surface area contributed by atoms with Gasteiger partial charge in [0.1, 0.15) is 5.69 Å². The summed E-state index contributed by atoms with van der Waals surface area (Å²) < 4.78 is 40.7. The Labute approximate surface area is 183 Å². The van der Waals surface area contributed by atoms with Crippen LogP contribution >= 0.6 is 0 Å². The number of aromatic nitrogens is 5. The molecule has 1 unspecified atom stereocenters. The molecule has 0 saturated carbocycles. The van der Waals surface area contributed by atoms with Crippen LogP contribution in [0.2, 0.25) is 0 Å². The molecule has 0 amide bonds. The van der Waals surface area contributed by atoms with E-state index in [4.69, 9.17) is 5.10 Å². The molecule has 31 heavy (non-hydrogen) atoms. The maximum absolute atomic E-state index is 13.2. The average molecular weight is 460 g/mol. The van der Waals surface area contributed by atoms with Crippen molar-refractivity contribution in [3.8, 4) is 11.5 Å². The van der Waals surface area contributed by atoms with Gasteiger partial charge in [0.2, 0.25) is 0 Å². The normalized spacial score (nSPS) is 13.4. The van der Waals surface area contributed by atoms with Gasteiger partial charge in [0, 0.05) is 30.8 Å². The number of aryl methyl sites for hydroxylation is 3. The molecule has 0 aliphatic rings. The van der Waals surface area contributed by atoms with Crippen LogP contribution in [0.15, 0.2) is 22.2 Å². The Morgan fingerprint density at radius 3 is 2.39 bits per heavy atom. The van der Waals surface area contributed by atoms with Gasteiger partial charge in [-0.25, -0.2) is 22.9 Å². The summed E-state index contributed by atoms with van der Waals surface area (Å²) in [6.07, 6.45) is 2.62. The van der Waals surface area contributed by atoms with Crippen LogP contribution in [0.1, 0.15) is 29.3 Å². The zero-order valence-electron chi connectivity index (χ0n) is 18.6. The highest BCUT2D eigenvalue weighted by Crippen LogP contribution is 2.35. The van der Waals surface area contributed by atoms with Gasteiger partial charge in [0.15, 0.2) is 20.7 Å². The molecule has 164 valence electrons. The molecule has 4 heterocycles. The second-order valence-electron chi connectivity index (χ2n) is 7.81. The van der Waals surface area contributed by atoms with Crippen molar-refractivity contribution in [3.63, 3.8) is 0 Å². The molecule has 1 atom stereocenters. The van der Waals surface area contributed by atoms with Crippen LogP contribution in [0.25, 0.3) is 28.1 Å². The van der Waals surface area contributed by atoms with Gasteiger partial charge < -0.3 is 4.57 Å². The minimum atomic E-state index is -3.46. The van der Waals surface area contributed by atoms with Gasteiger partial charge in [-0.15, -0.1) is 0 Å². The predicted molar refractivity (Wildman–Crippen MR) is 122 cm³/mol. The van der Waals surface area contributed by atoms with Crippen LogP contribution in [0.4, 0.5) is 0 Å². The van der Waals surface area contributed by atoms with E-state index in [0.717, 1.165) is 34.2 Å². The first kappa shape index (κ1) is 21.6. The highest BCUT2D eigenvalue weighted by atomic mass is 32.2. The Kier molecular flexibility index (Phi) is 5.05. The highest BCUT2D eigenvalue weighted by molar-refractivity contribution is 7.90. The number of fused-ring (bicyclic) bond motifs is 2. The van der Waals surface area contributed by atoms with Crippen molar-refractivity contribution in [3.05, 3.63) is 34.6 Å². The highest BCUT2D eigenvalue weighted by Gasteiger charge is 2.27. The van der Waals surface area contributed by atoms with E-state index >= 15 is 0 Å². The van der Waals surface area contributed by atoms with Gasteiger partial charge in [-0.1, -0.05) is 6.92 Å². The van der Waals surface area contributed by atoms with Gasteiger partial charge in [-0.05, 0) is 44.4 Å². The lowest BCUT2D eigenvalue weighted by Gasteiger charge is -2.12. The molecule has 0 fully saturated rings. The first-order valence-corrected chi connectivity index (χ1v) is 13.1. The van der Waals surface area contributed by atoms with Crippen molar-refractivity contribution >= 4 is 37.2 Å². The van der Waals surface area contributed by atoms with E-state index in [1.54, 1.807) is 0 Å². The minimum Gasteiger partial charge on any atom is -0.324 e. The topological polar surface area (TPSA) is 99.2 Å². The molecule has 10 heteroatoms. The minimum absolute atomic E-state index is 0.0325. The quantitative estimate of drug-likeness (QED) is 0.465. The number of imidazole rings is 1. The monoisotopic (exact) mass is 459 g/mol. The summed E-state index contributed by atoms with van der Waals surface area (Å²) >= 11 is 0. The van der Waals surface area contributed by atoms with E-state index in [1.807, 2.05) is 36.9 Å². The summed E-state index contributed by atoms with van der Waals surface area (Å²) in [5.41, 5.74) is 6.87. The third-order valence-electron chi connectivity index (χ3n) is 6.01. The molecule has 0 aromatic carbocycles. The van der Waals surface area contributed by atoms with Crippen molar-refractivity contribution < 1.29 is 12.6 Å². The second-order valence-corrected chi connectivity index (χ2v) is 11.4. The van der Waals surface area contributed by atoms with Gasteiger partial charge in [-0.2, -0.15) is 5.10 Å². The third-order valence-corrected chi connectivity index (χ3v) is 8.36. The predicted octanol–water partition coefficient (Wildman–Crippen LogP) is 3.05. The Morgan fingerprint density at radius 2 is 1.77 bits per heavy atom. The summed E-state index contributed by atoms with van der Waals surface area (Å²) in [7, 11) is -2.91. The SMILES string of the molecule is CCS(=O)c1c(-c2nc3cc(S(C)(=O)=O)ncc3n2C)nn2c(C)c(C)c(C)c(C)c12. The maximum atomic E-state index is 13.2. The van der Waals surface area contributed by atoms with E-state index in [1.165, 1.54) is 12.3 Å². The van der Waals surface area contributed by atoms with Crippen molar-refractivity contribution in [2.75, 3.05) is 12.0 Å². The molecule has 0 aliphatic heterocycles. The largest absolute Gasteiger partial charge is 0.324 e. The van der Waals surface area contributed by atoms with E-state index in [-0.39, 0.29) is 5.03 Å². The van der Waals surface area contributed by atoms with Crippen molar-refractivity contribution in [1.29, 1.82) is 0 Å². The van der Waals surface area contributed by atoms with Crippen LogP contribution in [0, 0.1) is 27.7 Å². The fourth-order valence-electron chi connectivity index (χ4n) is 3.86. The van der Waals surface area contributed by atoms with Crippen molar-refractivity contribution in [2.24, 2.45) is 7.05 Å². The standard InChI is InChI=1S/C21H25N5O3S2/c1-8-30(27)20-18(24-26-14(5)12(3)11(2)13(4)19(20)26)21-23-15-9-17(31(7,28)29)22-10-16(15)25(21)6/h9-10H,8H2,1-7H3. The van der Waals surface area contributed by atoms with Crippen LogP contribution in [0.5, 0.6) is 0 Å². The number of rotatable bonds is 4. The molecule has 0 spiro atoms. The second kappa shape index (κ2) is 7.23. The van der Waals surface area contributed by atoms with Gasteiger partial charge in [-0.3, -0.25) is 4.21 Å². The van der Waals surface area contributed by atoms with Crippen molar-refractivity contribution in [2.45, 2.75) is 44.5 Å². The number of sulfone groups is 1. The third kappa shape index (κ3) is 3.20. The summed E-state index contributed by atoms with van der Waals surface area (Å²) in [6, 6.07) is 1.46. The first-order valence-electron chi connectivity index (χ1n) is 9.87. The molecule has 0 bridgehead atoms. The molecule has 8 nitrogen and oxygen atoms in total. The van der Waals surface area contributed by atoms with Crippen LogP contribution < -0.4 is 0 Å². The van der Waals surface area contributed by atoms with E-state index in [2.05, 4.69) is 23.8 Å². The molecule has 0 saturated heterocycles. The zero-order chi connectivity index (χ0) is 22.8. The fraction of sp³-hybridized carbons (Fsp3) is 0.381. The van der Waals surface area contributed by atoms with Gasteiger partial charge in [0.25, 0.3) is 0 Å². The molecule has 4 aromatic rings. The molecular formula is C21H25N5O3S2. The average Bonchev–Trinajstić information content (AvgIpc) is 3.27. The van der Waals surface area contributed by atoms with Crippen LogP contribution in [-0.2, 0) is 27.7 Å². The fourth-order valence-corrected chi connectivity index (χ4v) is 5.52. The summed E-state index contributed by atoms with van der Waals surface area (Å²) in [4.78, 5) is 9.41.